The molecule has 0 unspecified atom stereocenters. The van der Waals surface area contributed by atoms with Gasteiger partial charge in [0.05, 0.1) is 6.42 Å². The number of hydrogen-bond donors (Lipinski definition) is 0. The molecule has 2 aromatic rings. The van der Waals surface area contributed by atoms with Gasteiger partial charge < -0.3 is 9.21 Å². The van der Waals surface area contributed by atoms with Gasteiger partial charge in [-0.25, -0.2) is 0 Å². The summed E-state index contributed by atoms with van der Waals surface area (Å²) >= 11 is 0. The maximum absolute atomic E-state index is 10.3. The Hall–Kier alpha value is -1.57. The fourth-order valence-corrected chi connectivity index (χ4v) is 1.40. The molecule has 0 aliphatic rings. The first-order chi connectivity index (χ1) is 6.29. The van der Waals surface area contributed by atoms with Crippen molar-refractivity contribution >= 4 is 17.3 Å². The van der Waals surface area contributed by atoms with Gasteiger partial charge in [-0.3, -0.25) is 0 Å². The molecular weight excluding hydrogens is 164 g/mol. The van der Waals surface area contributed by atoms with Crippen LogP contribution < -0.4 is 0 Å². The van der Waals surface area contributed by atoms with Gasteiger partial charge in [-0.2, -0.15) is 0 Å². The number of carbonyl (C=O) groups excluding carboxylic acids is 1. The number of carbonyl (C=O) groups is 1. The molecule has 2 nitrogen and oxygen atoms in total. The SMILES string of the molecule is Cc1ccc2oc(CC=O)cc2c1. The van der Waals surface area contributed by atoms with E-state index in [2.05, 4.69) is 0 Å². The molecule has 1 heterocycles. The van der Waals surface area contributed by atoms with Crippen LogP contribution in [0.15, 0.2) is 28.7 Å². The van der Waals surface area contributed by atoms with Crippen LogP contribution in [-0.2, 0) is 11.2 Å². The Kier molecular flexibility index (Phi) is 1.89. The third kappa shape index (κ3) is 1.47. The Balaban J connectivity index is 2.55. The van der Waals surface area contributed by atoms with E-state index in [-0.39, 0.29) is 0 Å². The summed E-state index contributed by atoms with van der Waals surface area (Å²) in [6.45, 7) is 2.03. The molecule has 0 saturated carbocycles. The molecule has 1 aromatic heterocycles. The van der Waals surface area contributed by atoms with E-state index in [9.17, 15) is 4.79 Å². The molecule has 0 N–H and O–H groups in total. The zero-order valence-corrected chi connectivity index (χ0v) is 7.41. The largest absolute Gasteiger partial charge is 0.461 e. The number of fused-ring (bicyclic) bond motifs is 1. The lowest BCUT2D eigenvalue weighted by Gasteiger charge is -1.89. The molecule has 0 saturated heterocycles. The molecule has 66 valence electrons. The van der Waals surface area contributed by atoms with Crippen molar-refractivity contribution in [3.8, 4) is 0 Å². The zero-order valence-electron chi connectivity index (χ0n) is 7.41. The summed E-state index contributed by atoms with van der Waals surface area (Å²) in [6.07, 6.45) is 1.21. The van der Waals surface area contributed by atoms with Gasteiger partial charge in [0.1, 0.15) is 17.6 Å². The van der Waals surface area contributed by atoms with E-state index in [1.807, 2.05) is 31.2 Å². The smallest absolute Gasteiger partial charge is 0.134 e. The van der Waals surface area contributed by atoms with Crippen LogP contribution in [0.2, 0.25) is 0 Å². The molecule has 0 spiro atoms. The van der Waals surface area contributed by atoms with Crippen molar-refractivity contribution < 1.29 is 9.21 Å². The summed E-state index contributed by atoms with van der Waals surface area (Å²) in [6, 6.07) is 7.89. The van der Waals surface area contributed by atoms with Gasteiger partial charge in [0.25, 0.3) is 0 Å². The predicted molar refractivity (Wildman–Crippen MR) is 50.7 cm³/mol. The van der Waals surface area contributed by atoms with Gasteiger partial charge in [0.2, 0.25) is 0 Å². The van der Waals surface area contributed by atoms with Crippen LogP contribution in [0.4, 0.5) is 0 Å². The maximum atomic E-state index is 10.3. The van der Waals surface area contributed by atoms with Crippen molar-refractivity contribution in [1.82, 2.24) is 0 Å². The first kappa shape index (κ1) is 8.05. The van der Waals surface area contributed by atoms with Crippen molar-refractivity contribution in [1.29, 1.82) is 0 Å². The molecule has 2 rings (SSSR count). The van der Waals surface area contributed by atoms with Crippen LogP contribution in [0.5, 0.6) is 0 Å². The average molecular weight is 174 g/mol. The summed E-state index contributed by atoms with van der Waals surface area (Å²) in [5.74, 6) is 0.732. The Morgan fingerprint density at radius 3 is 3.00 bits per heavy atom. The van der Waals surface area contributed by atoms with Gasteiger partial charge in [-0.15, -0.1) is 0 Å². The van der Waals surface area contributed by atoms with E-state index in [0.717, 1.165) is 23.0 Å². The minimum atomic E-state index is 0.355. The second-order valence-electron chi connectivity index (χ2n) is 3.12. The molecule has 2 heteroatoms. The zero-order chi connectivity index (χ0) is 9.26. The lowest BCUT2D eigenvalue weighted by molar-refractivity contribution is -0.107. The first-order valence-electron chi connectivity index (χ1n) is 4.22. The highest BCUT2D eigenvalue weighted by atomic mass is 16.3. The number of aldehydes is 1. The second-order valence-corrected chi connectivity index (χ2v) is 3.12. The van der Waals surface area contributed by atoms with Gasteiger partial charge in [0.15, 0.2) is 0 Å². The average Bonchev–Trinajstić information content (AvgIpc) is 2.46. The van der Waals surface area contributed by atoms with Gasteiger partial charge in [0, 0.05) is 5.39 Å². The van der Waals surface area contributed by atoms with Gasteiger partial charge >= 0.3 is 0 Å². The summed E-state index contributed by atoms with van der Waals surface area (Å²) in [5.41, 5.74) is 2.05. The maximum Gasteiger partial charge on any atom is 0.134 e. The van der Waals surface area contributed by atoms with Crippen molar-refractivity contribution in [3.05, 3.63) is 35.6 Å². The highest BCUT2D eigenvalue weighted by Gasteiger charge is 2.02. The number of furan rings is 1. The fraction of sp³-hybridized carbons (Fsp3) is 0.182. The molecule has 1 aromatic carbocycles. The third-order valence-corrected chi connectivity index (χ3v) is 2.01. The fourth-order valence-electron chi connectivity index (χ4n) is 1.40. The van der Waals surface area contributed by atoms with Crippen LogP contribution in [0.3, 0.4) is 0 Å². The minimum absolute atomic E-state index is 0.355. The number of benzene rings is 1. The van der Waals surface area contributed by atoms with Gasteiger partial charge in [-0.1, -0.05) is 11.6 Å². The van der Waals surface area contributed by atoms with Crippen molar-refractivity contribution in [2.45, 2.75) is 13.3 Å². The van der Waals surface area contributed by atoms with Crippen LogP contribution in [-0.4, -0.2) is 6.29 Å². The number of aryl methyl sites for hydroxylation is 1. The van der Waals surface area contributed by atoms with Crippen LogP contribution >= 0.6 is 0 Å². The Labute approximate surface area is 76.2 Å². The van der Waals surface area contributed by atoms with Crippen LogP contribution in [0.1, 0.15) is 11.3 Å². The minimum Gasteiger partial charge on any atom is -0.461 e. The van der Waals surface area contributed by atoms with Crippen LogP contribution in [0, 0.1) is 6.92 Å². The molecule has 0 amide bonds. The van der Waals surface area contributed by atoms with Crippen molar-refractivity contribution in [3.63, 3.8) is 0 Å². The summed E-state index contributed by atoms with van der Waals surface area (Å²) in [5, 5.41) is 1.07. The summed E-state index contributed by atoms with van der Waals surface area (Å²) in [4.78, 5) is 10.3. The molecular formula is C11H10O2. The second kappa shape index (κ2) is 3.05. The molecule has 0 atom stereocenters. The highest BCUT2D eigenvalue weighted by molar-refractivity contribution is 5.79. The number of hydrogen-bond acceptors (Lipinski definition) is 2. The highest BCUT2D eigenvalue weighted by Crippen LogP contribution is 2.20. The lowest BCUT2D eigenvalue weighted by atomic mass is 10.2. The normalized spacial score (nSPS) is 10.5. The van der Waals surface area contributed by atoms with E-state index in [0.29, 0.717) is 6.42 Å². The lowest BCUT2D eigenvalue weighted by Crippen LogP contribution is -1.78. The Bertz CT molecular complexity index is 440. The molecule has 0 bridgehead atoms. The number of rotatable bonds is 2. The monoisotopic (exact) mass is 174 g/mol. The Morgan fingerprint density at radius 1 is 1.38 bits per heavy atom. The van der Waals surface area contributed by atoms with E-state index in [1.165, 1.54) is 5.56 Å². The topological polar surface area (TPSA) is 30.2 Å². The standard InChI is InChI=1S/C11H10O2/c1-8-2-3-11-9(6-8)7-10(13-11)4-5-12/h2-3,5-7H,4H2,1H3. The third-order valence-electron chi connectivity index (χ3n) is 2.01. The quantitative estimate of drug-likeness (QED) is 0.655. The van der Waals surface area contributed by atoms with Crippen molar-refractivity contribution in [2.75, 3.05) is 0 Å². The summed E-state index contributed by atoms with van der Waals surface area (Å²) < 4.78 is 5.43. The van der Waals surface area contributed by atoms with Crippen molar-refractivity contribution in [2.24, 2.45) is 0 Å². The molecule has 0 aliphatic heterocycles. The van der Waals surface area contributed by atoms with E-state index in [4.69, 9.17) is 4.42 Å². The summed E-state index contributed by atoms with van der Waals surface area (Å²) in [7, 11) is 0. The molecule has 0 radical (unpaired) electrons. The first-order valence-corrected chi connectivity index (χ1v) is 4.22. The Morgan fingerprint density at radius 2 is 2.23 bits per heavy atom. The molecule has 0 aliphatic carbocycles. The van der Waals surface area contributed by atoms with E-state index < -0.39 is 0 Å². The molecule has 0 fully saturated rings. The van der Waals surface area contributed by atoms with E-state index in [1.54, 1.807) is 0 Å². The van der Waals surface area contributed by atoms with Crippen LogP contribution in [0.25, 0.3) is 11.0 Å². The van der Waals surface area contributed by atoms with Gasteiger partial charge in [-0.05, 0) is 25.1 Å². The van der Waals surface area contributed by atoms with E-state index >= 15 is 0 Å². The molecule has 13 heavy (non-hydrogen) atoms. The predicted octanol–water partition coefficient (Wildman–Crippen LogP) is 2.48.